The molecule has 7 heteroatoms. The maximum absolute atomic E-state index is 5.70. The van der Waals surface area contributed by atoms with Crippen LogP contribution in [0.25, 0.3) is 0 Å². The fourth-order valence-corrected chi connectivity index (χ4v) is 3.62. The van der Waals surface area contributed by atoms with E-state index in [4.69, 9.17) is 10.3 Å². The Bertz CT molecular complexity index is 609. The molecule has 1 aliphatic rings. The standard InChI is InChI=1S/C15H23N5OS/c1-10(2)6-13-18-14(21-19-13)11-4-3-5-20(8-11)9-12-7-17-15(16)22-12/h7,10-11H,3-6,8-9H2,1-2H3,(H2,16,17). The summed E-state index contributed by atoms with van der Waals surface area (Å²) >= 11 is 1.56. The quantitative estimate of drug-likeness (QED) is 0.912. The maximum atomic E-state index is 5.70. The molecule has 0 saturated carbocycles. The van der Waals surface area contributed by atoms with Gasteiger partial charge in [0.25, 0.3) is 0 Å². The van der Waals surface area contributed by atoms with Crippen molar-refractivity contribution in [1.29, 1.82) is 0 Å². The number of nitrogens with two attached hydrogens (primary N) is 1. The van der Waals surface area contributed by atoms with Crippen molar-refractivity contribution in [2.45, 2.75) is 45.6 Å². The van der Waals surface area contributed by atoms with Crippen molar-refractivity contribution in [3.05, 3.63) is 22.8 Å². The first-order chi connectivity index (χ1) is 10.6. The predicted molar refractivity (Wildman–Crippen MR) is 86.6 cm³/mol. The van der Waals surface area contributed by atoms with Crippen LogP contribution in [0.3, 0.4) is 0 Å². The van der Waals surface area contributed by atoms with Crippen molar-refractivity contribution in [3.63, 3.8) is 0 Å². The molecule has 0 bridgehead atoms. The first kappa shape index (κ1) is 15.4. The SMILES string of the molecule is CC(C)Cc1noc(C2CCCN(Cc3cnc(N)s3)C2)n1. The highest BCUT2D eigenvalue weighted by Crippen LogP contribution is 2.28. The van der Waals surface area contributed by atoms with E-state index in [1.807, 2.05) is 6.20 Å². The molecule has 2 aromatic rings. The average molecular weight is 321 g/mol. The fraction of sp³-hybridized carbons (Fsp3) is 0.667. The summed E-state index contributed by atoms with van der Waals surface area (Å²) in [4.78, 5) is 12.3. The zero-order valence-corrected chi connectivity index (χ0v) is 14.0. The second-order valence-electron chi connectivity index (χ2n) is 6.39. The second-order valence-corrected chi connectivity index (χ2v) is 7.53. The van der Waals surface area contributed by atoms with Crippen molar-refractivity contribution in [2.24, 2.45) is 5.92 Å². The molecule has 0 amide bonds. The lowest BCUT2D eigenvalue weighted by molar-refractivity contribution is 0.181. The molecule has 1 atom stereocenters. The van der Waals surface area contributed by atoms with Crippen LogP contribution < -0.4 is 5.73 Å². The van der Waals surface area contributed by atoms with Gasteiger partial charge in [-0.05, 0) is 25.3 Å². The van der Waals surface area contributed by atoms with E-state index in [1.54, 1.807) is 11.3 Å². The van der Waals surface area contributed by atoms with Crippen LogP contribution in [0.2, 0.25) is 0 Å². The molecule has 3 rings (SSSR count). The third kappa shape index (κ3) is 3.84. The van der Waals surface area contributed by atoms with Gasteiger partial charge in [-0.3, -0.25) is 4.90 Å². The Morgan fingerprint density at radius 3 is 3.09 bits per heavy atom. The Morgan fingerprint density at radius 1 is 1.50 bits per heavy atom. The minimum atomic E-state index is 0.340. The van der Waals surface area contributed by atoms with Crippen molar-refractivity contribution >= 4 is 16.5 Å². The summed E-state index contributed by atoms with van der Waals surface area (Å²) < 4.78 is 5.49. The lowest BCUT2D eigenvalue weighted by atomic mass is 9.98. The van der Waals surface area contributed by atoms with Crippen LogP contribution in [0.15, 0.2) is 10.7 Å². The third-order valence-electron chi connectivity index (χ3n) is 3.88. The number of hydrogen-bond acceptors (Lipinski definition) is 7. The molecular formula is C15H23N5OS. The minimum absolute atomic E-state index is 0.340. The summed E-state index contributed by atoms with van der Waals surface area (Å²) in [6.07, 6.45) is 5.02. The topological polar surface area (TPSA) is 81.1 Å². The van der Waals surface area contributed by atoms with Gasteiger partial charge < -0.3 is 10.3 Å². The molecule has 1 aliphatic heterocycles. The highest BCUT2D eigenvalue weighted by Gasteiger charge is 2.26. The molecule has 0 aromatic carbocycles. The first-order valence-electron chi connectivity index (χ1n) is 7.85. The normalized spacial score (nSPS) is 19.9. The Kier molecular flexibility index (Phi) is 4.73. The summed E-state index contributed by atoms with van der Waals surface area (Å²) in [5.74, 6) is 2.51. The van der Waals surface area contributed by atoms with Gasteiger partial charge in [0.15, 0.2) is 11.0 Å². The van der Waals surface area contributed by atoms with E-state index in [0.717, 1.165) is 50.6 Å². The van der Waals surface area contributed by atoms with Crippen molar-refractivity contribution < 1.29 is 4.52 Å². The van der Waals surface area contributed by atoms with Gasteiger partial charge in [0.05, 0.1) is 5.92 Å². The second kappa shape index (κ2) is 6.75. The van der Waals surface area contributed by atoms with E-state index >= 15 is 0 Å². The van der Waals surface area contributed by atoms with Crippen LogP contribution in [-0.2, 0) is 13.0 Å². The number of thiazole rings is 1. The van der Waals surface area contributed by atoms with Crippen LogP contribution in [-0.4, -0.2) is 33.1 Å². The Labute approximate surface area is 134 Å². The molecule has 120 valence electrons. The maximum Gasteiger partial charge on any atom is 0.231 e. The summed E-state index contributed by atoms with van der Waals surface area (Å²) in [6.45, 7) is 7.29. The van der Waals surface area contributed by atoms with E-state index < -0.39 is 0 Å². The summed E-state index contributed by atoms with van der Waals surface area (Å²) in [6, 6.07) is 0. The lowest BCUT2D eigenvalue weighted by Gasteiger charge is -2.30. The molecule has 1 saturated heterocycles. The number of rotatable bonds is 5. The van der Waals surface area contributed by atoms with Crippen LogP contribution >= 0.6 is 11.3 Å². The predicted octanol–water partition coefficient (Wildman–Crippen LogP) is 2.69. The number of aromatic nitrogens is 3. The van der Waals surface area contributed by atoms with Gasteiger partial charge in [0.2, 0.25) is 5.89 Å². The van der Waals surface area contributed by atoms with Crippen molar-refractivity contribution in [3.8, 4) is 0 Å². The van der Waals surface area contributed by atoms with Gasteiger partial charge in [0, 0.05) is 30.6 Å². The molecule has 2 aromatic heterocycles. The monoisotopic (exact) mass is 321 g/mol. The smallest absolute Gasteiger partial charge is 0.231 e. The zero-order valence-electron chi connectivity index (χ0n) is 13.2. The average Bonchev–Trinajstić information content (AvgIpc) is 3.08. The Balaban J connectivity index is 1.61. The minimum Gasteiger partial charge on any atom is -0.375 e. The molecule has 3 heterocycles. The molecular weight excluding hydrogens is 298 g/mol. The van der Waals surface area contributed by atoms with E-state index in [-0.39, 0.29) is 0 Å². The van der Waals surface area contributed by atoms with E-state index in [1.165, 1.54) is 4.88 Å². The zero-order chi connectivity index (χ0) is 15.5. The Morgan fingerprint density at radius 2 is 2.36 bits per heavy atom. The van der Waals surface area contributed by atoms with E-state index in [2.05, 4.69) is 33.9 Å². The molecule has 2 N–H and O–H groups in total. The summed E-state index contributed by atoms with van der Waals surface area (Å²) in [5.41, 5.74) is 5.70. The van der Waals surface area contributed by atoms with E-state index in [0.29, 0.717) is 17.0 Å². The molecule has 22 heavy (non-hydrogen) atoms. The van der Waals surface area contributed by atoms with E-state index in [9.17, 15) is 0 Å². The van der Waals surface area contributed by atoms with Crippen LogP contribution in [0.4, 0.5) is 5.13 Å². The van der Waals surface area contributed by atoms with Gasteiger partial charge in [-0.1, -0.05) is 19.0 Å². The van der Waals surface area contributed by atoms with Gasteiger partial charge in [-0.2, -0.15) is 4.98 Å². The highest BCUT2D eigenvalue weighted by atomic mass is 32.1. The van der Waals surface area contributed by atoms with Crippen molar-refractivity contribution in [2.75, 3.05) is 18.8 Å². The Hall–Kier alpha value is -1.47. The largest absolute Gasteiger partial charge is 0.375 e. The van der Waals surface area contributed by atoms with Gasteiger partial charge in [-0.15, -0.1) is 11.3 Å². The molecule has 0 spiro atoms. The fourth-order valence-electron chi connectivity index (χ4n) is 2.90. The molecule has 0 aliphatic carbocycles. The molecule has 1 fully saturated rings. The molecule has 0 radical (unpaired) electrons. The number of anilines is 1. The summed E-state index contributed by atoms with van der Waals surface area (Å²) in [7, 11) is 0. The van der Waals surface area contributed by atoms with Gasteiger partial charge in [-0.25, -0.2) is 4.98 Å². The first-order valence-corrected chi connectivity index (χ1v) is 8.67. The van der Waals surface area contributed by atoms with Crippen LogP contribution in [0.5, 0.6) is 0 Å². The van der Waals surface area contributed by atoms with Crippen LogP contribution in [0.1, 0.15) is 49.2 Å². The number of nitrogen functional groups attached to an aromatic ring is 1. The number of likely N-dealkylation sites (tertiary alicyclic amines) is 1. The molecule has 1 unspecified atom stereocenters. The van der Waals surface area contributed by atoms with Crippen LogP contribution in [0, 0.1) is 5.92 Å². The lowest BCUT2D eigenvalue weighted by Crippen LogP contribution is -2.33. The number of piperidine rings is 1. The van der Waals surface area contributed by atoms with Crippen molar-refractivity contribution in [1.82, 2.24) is 20.0 Å². The number of nitrogens with zero attached hydrogens (tertiary/aromatic N) is 4. The molecule has 6 nitrogen and oxygen atoms in total. The third-order valence-corrected chi connectivity index (χ3v) is 4.69. The number of hydrogen-bond donors (Lipinski definition) is 1. The van der Waals surface area contributed by atoms with Gasteiger partial charge in [0.1, 0.15) is 0 Å². The summed E-state index contributed by atoms with van der Waals surface area (Å²) in [5, 5.41) is 4.75. The van der Waals surface area contributed by atoms with Gasteiger partial charge >= 0.3 is 0 Å². The highest BCUT2D eigenvalue weighted by molar-refractivity contribution is 7.15.